The summed E-state index contributed by atoms with van der Waals surface area (Å²) in [5, 5.41) is 10.2. The van der Waals surface area contributed by atoms with Gasteiger partial charge in [0, 0.05) is 6.42 Å². The topological polar surface area (TPSA) is 37.3 Å². The molecule has 0 aromatic rings. The van der Waals surface area contributed by atoms with Crippen molar-refractivity contribution in [2.45, 2.75) is 63.6 Å². The Labute approximate surface area is 134 Å². The standard InChI is InChI=1S/C18H23F3O2/c19-18(20,21)17-8-7-13-12-4-2-11(22)9-10(12)1-3-14(13)15(17)5-6-16(17)23/h9,12-16,23H,1-8H2/t12-,13+,14+,15-,16?,17+/m0/s1. The smallest absolute Gasteiger partial charge is 0.392 e. The van der Waals surface area contributed by atoms with Gasteiger partial charge in [0.1, 0.15) is 0 Å². The van der Waals surface area contributed by atoms with Crippen LogP contribution in [-0.4, -0.2) is 23.2 Å². The molecule has 23 heavy (non-hydrogen) atoms. The van der Waals surface area contributed by atoms with Crippen LogP contribution in [0.2, 0.25) is 0 Å². The van der Waals surface area contributed by atoms with Crippen molar-refractivity contribution in [1.29, 1.82) is 0 Å². The van der Waals surface area contributed by atoms with Crippen molar-refractivity contribution < 1.29 is 23.1 Å². The van der Waals surface area contributed by atoms with Gasteiger partial charge in [-0.15, -0.1) is 0 Å². The van der Waals surface area contributed by atoms with E-state index in [1.807, 2.05) is 0 Å². The van der Waals surface area contributed by atoms with Gasteiger partial charge in [-0.25, -0.2) is 0 Å². The fourth-order valence-electron chi connectivity index (χ4n) is 6.37. The van der Waals surface area contributed by atoms with Gasteiger partial charge in [0.15, 0.2) is 5.78 Å². The minimum absolute atomic E-state index is 0.0536. The molecule has 0 radical (unpaired) electrons. The molecule has 0 bridgehead atoms. The lowest BCUT2D eigenvalue weighted by Gasteiger charge is -2.54. The van der Waals surface area contributed by atoms with Crippen LogP contribution in [0.5, 0.6) is 0 Å². The van der Waals surface area contributed by atoms with Crippen molar-refractivity contribution in [2.24, 2.45) is 29.1 Å². The van der Waals surface area contributed by atoms with E-state index in [1.165, 1.54) is 5.57 Å². The molecule has 128 valence electrons. The number of rotatable bonds is 0. The molecule has 0 aromatic heterocycles. The number of aliphatic hydroxyl groups is 1. The summed E-state index contributed by atoms with van der Waals surface area (Å²) in [6.07, 6.45) is 0.416. The van der Waals surface area contributed by atoms with Crippen LogP contribution in [0.15, 0.2) is 11.6 Å². The van der Waals surface area contributed by atoms with E-state index in [1.54, 1.807) is 6.08 Å². The molecule has 0 aliphatic heterocycles. The van der Waals surface area contributed by atoms with Crippen LogP contribution >= 0.6 is 0 Å². The van der Waals surface area contributed by atoms with Gasteiger partial charge in [-0.05, 0) is 74.7 Å². The van der Waals surface area contributed by atoms with Crippen LogP contribution in [0.4, 0.5) is 13.2 Å². The summed E-state index contributed by atoms with van der Waals surface area (Å²) in [5.74, 6) is 0.365. The van der Waals surface area contributed by atoms with Crippen molar-refractivity contribution in [2.75, 3.05) is 0 Å². The molecule has 1 N–H and O–H groups in total. The van der Waals surface area contributed by atoms with E-state index in [2.05, 4.69) is 0 Å². The van der Waals surface area contributed by atoms with Gasteiger partial charge in [-0.3, -0.25) is 4.79 Å². The second-order valence-electron chi connectivity index (χ2n) is 7.97. The first-order chi connectivity index (χ1) is 10.8. The minimum Gasteiger partial charge on any atom is -0.392 e. The summed E-state index contributed by atoms with van der Waals surface area (Å²) in [7, 11) is 0. The zero-order valence-corrected chi connectivity index (χ0v) is 13.1. The summed E-state index contributed by atoms with van der Waals surface area (Å²) >= 11 is 0. The Morgan fingerprint density at radius 1 is 1.04 bits per heavy atom. The first-order valence-electron chi connectivity index (χ1n) is 8.82. The highest BCUT2D eigenvalue weighted by Gasteiger charge is 2.69. The number of hydrogen-bond acceptors (Lipinski definition) is 2. The van der Waals surface area contributed by atoms with Crippen molar-refractivity contribution in [3.8, 4) is 0 Å². The molecular weight excluding hydrogens is 305 g/mol. The average molecular weight is 328 g/mol. The molecule has 3 saturated carbocycles. The molecule has 0 saturated heterocycles. The van der Waals surface area contributed by atoms with Crippen LogP contribution in [0, 0.1) is 29.1 Å². The highest BCUT2D eigenvalue weighted by molar-refractivity contribution is 5.91. The van der Waals surface area contributed by atoms with E-state index in [0.717, 1.165) is 19.3 Å². The molecule has 4 rings (SSSR count). The number of alkyl halides is 3. The quantitative estimate of drug-likeness (QED) is 0.729. The lowest BCUT2D eigenvalue weighted by atomic mass is 9.51. The number of carbonyl (C=O) groups excluding carboxylic acids is 1. The maximum absolute atomic E-state index is 13.9. The highest BCUT2D eigenvalue weighted by atomic mass is 19.4. The maximum Gasteiger partial charge on any atom is 0.397 e. The Morgan fingerprint density at radius 3 is 2.57 bits per heavy atom. The van der Waals surface area contributed by atoms with Crippen molar-refractivity contribution in [1.82, 2.24) is 0 Å². The summed E-state index contributed by atoms with van der Waals surface area (Å²) in [4.78, 5) is 11.6. The van der Waals surface area contributed by atoms with E-state index >= 15 is 0 Å². The fourth-order valence-corrected chi connectivity index (χ4v) is 6.37. The van der Waals surface area contributed by atoms with Crippen molar-refractivity contribution in [3.05, 3.63) is 11.6 Å². The Kier molecular flexibility index (Phi) is 3.46. The van der Waals surface area contributed by atoms with Gasteiger partial charge < -0.3 is 5.11 Å². The third-order valence-corrected chi connectivity index (χ3v) is 7.30. The van der Waals surface area contributed by atoms with E-state index in [4.69, 9.17) is 0 Å². The molecule has 1 unspecified atom stereocenters. The fraction of sp³-hybridized carbons (Fsp3) is 0.833. The monoisotopic (exact) mass is 328 g/mol. The number of hydrogen-bond donors (Lipinski definition) is 1. The molecule has 0 spiro atoms. The highest BCUT2D eigenvalue weighted by Crippen LogP contribution is 2.66. The van der Waals surface area contributed by atoms with Crippen LogP contribution in [0.25, 0.3) is 0 Å². The summed E-state index contributed by atoms with van der Waals surface area (Å²) in [6.45, 7) is 0. The molecule has 2 nitrogen and oxygen atoms in total. The Morgan fingerprint density at radius 2 is 1.83 bits per heavy atom. The number of halogens is 3. The molecule has 4 aliphatic carbocycles. The Balaban J connectivity index is 1.67. The summed E-state index contributed by atoms with van der Waals surface area (Å²) in [5.41, 5.74) is -0.694. The van der Waals surface area contributed by atoms with E-state index < -0.39 is 23.6 Å². The maximum atomic E-state index is 13.9. The van der Waals surface area contributed by atoms with Gasteiger partial charge in [-0.1, -0.05) is 5.57 Å². The summed E-state index contributed by atoms with van der Waals surface area (Å²) in [6, 6.07) is 0. The van der Waals surface area contributed by atoms with Crippen LogP contribution in [0.1, 0.15) is 51.4 Å². The molecule has 3 fully saturated rings. The van der Waals surface area contributed by atoms with E-state index in [9.17, 15) is 23.1 Å². The second-order valence-corrected chi connectivity index (χ2v) is 7.97. The van der Waals surface area contributed by atoms with Crippen molar-refractivity contribution >= 4 is 5.78 Å². The van der Waals surface area contributed by atoms with Gasteiger partial charge in [-0.2, -0.15) is 13.2 Å². The SMILES string of the molecule is O=C1C=C2CC[C@@H]3[C@H](CC[C@]4(C(F)(F)F)C(O)CC[C@@H]34)[C@H]2CC1. The minimum atomic E-state index is -4.32. The lowest BCUT2D eigenvalue weighted by Crippen LogP contribution is -2.56. The number of aliphatic hydroxyl groups excluding tert-OH is 1. The number of allylic oxidation sites excluding steroid dienone is 1. The summed E-state index contributed by atoms with van der Waals surface area (Å²) < 4.78 is 41.6. The molecule has 6 atom stereocenters. The Hall–Kier alpha value is -0.840. The first-order valence-corrected chi connectivity index (χ1v) is 8.82. The first kappa shape index (κ1) is 15.7. The van der Waals surface area contributed by atoms with Gasteiger partial charge in [0.05, 0.1) is 11.5 Å². The number of carbonyl (C=O) groups is 1. The van der Waals surface area contributed by atoms with Crippen LogP contribution in [0.3, 0.4) is 0 Å². The zero-order chi connectivity index (χ0) is 16.4. The predicted octanol–water partition coefficient (Wildman–Crippen LogP) is 4.03. The average Bonchev–Trinajstić information content (AvgIpc) is 2.85. The van der Waals surface area contributed by atoms with Gasteiger partial charge in [0.2, 0.25) is 0 Å². The second kappa shape index (κ2) is 5.08. The lowest BCUT2D eigenvalue weighted by molar-refractivity contribution is -0.283. The molecule has 0 amide bonds. The normalized spacial score (nSPS) is 46.7. The zero-order valence-electron chi connectivity index (χ0n) is 13.1. The number of ketones is 1. The molecule has 0 heterocycles. The predicted molar refractivity (Wildman–Crippen MR) is 78.5 cm³/mol. The number of fused-ring (bicyclic) bond motifs is 5. The third-order valence-electron chi connectivity index (χ3n) is 7.30. The van der Waals surface area contributed by atoms with Gasteiger partial charge in [0.25, 0.3) is 0 Å². The van der Waals surface area contributed by atoms with E-state index in [0.29, 0.717) is 25.2 Å². The molecule has 4 aliphatic rings. The molecule has 0 aromatic carbocycles. The van der Waals surface area contributed by atoms with Crippen LogP contribution < -0.4 is 0 Å². The Bertz CT molecular complexity index is 553. The molecular formula is C18H23F3O2. The van der Waals surface area contributed by atoms with Crippen LogP contribution in [-0.2, 0) is 4.79 Å². The van der Waals surface area contributed by atoms with E-state index in [-0.39, 0.29) is 30.5 Å². The molecule has 5 heteroatoms. The third kappa shape index (κ3) is 2.08. The van der Waals surface area contributed by atoms with Gasteiger partial charge >= 0.3 is 6.18 Å². The van der Waals surface area contributed by atoms with Crippen molar-refractivity contribution in [3.63, 3.8) is 0 Å². The largest absolute Gasteiger partial charge is 0.397 e.